The van der Waals surface area contributed by atoms with Gasteiger partial charge in [0.1, 0.15) is 5.52 Å². The summed E-state index contributed by atoms with van der Waals surface area (Å²) >= 11 is 9.61. The third kappa shape index (κ3) is 4.89. The van der Waals surface area contributed by atoms with Gasteiger partial charge in [0.2, 0.25) is 0 Å². The molecule has 8 nitrogen and oxygen atoms in total. The Kier molecular flexibility index (Phi) is 7.27. The van der Waals surface area contributed by atoms with E-state index in [1.165, 1.54) is 6.33 Å². The molecule has 1 atom stereocenters. The average Bonchev–Trinajstić information content (AvgIpc) is 3.42. The maximum atomic E-state index is 15.6. The van der Waals surface area contributed by atoms with Crippen LogP contribution >= 0.6 is 27.5 Å². The van der Waals surface area contributed by atoms with Crippen molar-refractivity contribution >= 4 is 55.8 Å². The van der Waals surface area contributed by atoms with Crippen LogP contribution in [0.2, 0.25) is 5.02 Å². The monoisotopic (exact) mass is 526 g/mol. The number of halogens is 3. The Hall–Kier alpha value is -2.24. The molecule has 0 spiro atoms. The second-order valence-corrected chi connectivity index (χ2v) is 8.59. The molecule has 1 aromatic heterocycles. The van der Waals surface area contributed by atoms with Crippen LogP contribution < -0.4 is 10.8 Å². The van der Waals surface area contributed by atoms with Crippen LogP contribution in [-0.2, 0) is 16.1 Å². The Balaban J connectivity index is 1.76. The van der Waals surface area contributed by atoms with E-state index in [-0.39, 0.29) is 36.1 Å². The lowest BCUT2D eigenvalue weighted by molar-refractivity contribution is 0.0169. The van der Waals surface area contributed by atoms with Crippen molar-refractivity contribution in [3.05, 3.63) is 51.5 Å². The number of aliphatic hydroxyl groups is 1. The zero-order valence-corrected chi connectivity index (χ0v) is 19.2. The highest BCUT2D eigenvalue weighted by molar-refractivity contribution is 9.10. The number of aromatic nitrogens is 2. The molecule has 3 aromatic rings. The number of hydrogen-bond donors (Lipinski definition) is 3. The summed E-state index contributed by atoms with van der Waals surface area (Å²) in [6.45, 7) is 0.822. The van der Waals surface area contributed by atoms with Gasteiger partial charge < -0.3 is 19.7 Å². The van der Waals surface area contributed by atoms with Crippen molar-refractivity contribution in [1.29, 1.82) is 0 Å². The normalized spacial score (nSPS) is 15.9. The molecule has 1 unspecified atom stereocenters. The van der Waals surface area contributed by atoms with Crippen molar-refractivity contribution in [2.24, 2.45) is 0 Å². The van der Waals surface area contributed by atoms with Crippen LogP contribution in [0.25, 0.3) is 11.0 Å². The zero-order chi connectivity index (χ0) is 22.7. The maximum Gasteiger partial charge on any atom is 0.277 e. The van der Waals surface area contributed by atoms with E-state index in [4.69, 9.17) is 26.3 Å². The first-order valence-corrected chi connectivity index (χ1v) is 11.2. The minimum absolute atomic E-state index is 0.000940. The van der Waals surface area contributed by atoms with E-state index < -0.39 is 11.7 Å². The molecule has 0 aliphatic carbocycles. The first kappa shape index (κ1) is 22.9. The fourth-order valence-electron chi connectivity index (χ4n) is 3.55. The largest absolute Gasteiger partial charge is 0.394 e. The number of nitrogens with one attached hydrogen (secondary N) is 2. The summed E-state index contributed by atoms with van der Waals surface area (Å²) in [5.74, 6) is -1.38. The van der Waals surface area contributed by atoms with E-state index >= 15 is 4.39 Å². The predicted molar refractivity (Wildman–Crippen MR) is 122 cm³/mol. The van der Waals surface area contributed by atoms with Gasteiger partial charge in [-0.05, 0) is 37.1 Å². The Labute approximate surface area is 196 Å². The summed E-state index contributed by atoms with van der Waals surface area (Å²) in [6.07, 6.45) is 3.44. The van der Waals surface area contributed by atoms with E-state index in [0.717, 1.165) is 17.3 Å². The fraction of sp³-hybridized carbons (Fsp3) is 0.333. The standard InChI is InChI=1S/C21H21BrClFN4O4/c22-12-3-4-16(15(23)8-12)26-19-14(21(30)27-32-7-5-29)9-17-20(18(19)24)25-11-28(17)10-13-2-1-6-31-13/h3-4,8-9,11,13,26,29H,1-2,5-7,10H2,(H,27,30). The minimum atomic E-state index is -0.695. The lowest BCUT2D eigenvalue weighted by atomic mass is 10.1. The van der Waals surface area contributed by atoms with Crippen molar-refractivity contribution in [1.82, 2.24) is 15.0 Å². The van der Waals surface area contributed by atoms with Gasteiger partial charge in [0.25, 0.3) is 5.91 Å². The number of carbonyl (C=O) groups is 1. The summed E-state index contributed by atoms with van der Waals surface area (Å²) in [5.41, 5.74) is 3.13. The van der Waals surface area contributed by atoms with E-state index in [1.54, 1.807) is 28.8 Å². The lowest BCUT2D eigenvalue weighted by Gasteiger charge is -2.16. The van der Waals surface area contributed by atoms with Crippen molar-refractivity contribution < 1.29 is 23.9 Å². The van der Waals surface area contributed by atoms with E-state index in [2.05, 4.69) is 31.7 Å². The summed E-state index contributed by atoms with van der Waals surface area (Å²) < 4.78 is 23.8. The van der Waals surface area contributed by atoms with Crippen LogP contribution in [0.3, 0.4) is 0 Å². The molecule has 1 amide bonds. The zero-order valence-electron chi connectivity index (χ0n) is 16.9. The molecule has 2 heterocycles. The Morgan fingerprint density at radius 3 is 3.00 bits per heavy atom. The quantitative estimate of drug-likeness (QED) is 0.301. The highest BCUT2D eigenvalue weighted by Crippen LogP contribution is 2.34. The highest BCUT2D eigenvalue weighted by Gasteiger charge is 2.24. The number of carbonyl (C=O) groups excluding carboxylic acids is 1. The van der Waals surface area contributed by atoms with Gasteiger partial charge in [-0.2, -0.15) is 0 Å². The van der Waals surface area contributed by atoms with E-state index in [1.807, 2.05) is 0 Å². The van der Waals surface area contributed by atoms with Gasteiger partial charge in [-0.3, -0.25) is 9.63 Å². The number of amides is 1. The number of hydrogen-bond acceptors (Lipinski definition) is 6. The molecule has 11 heteroatoms. The van der Waals surface area contributed by atoms with Crippen LogP contribution in [0.5, 0.6) is 0 Å². The van der Waals surface area contributed by atoms with Gasteiger partial charge in [0.05, 0.1) is 59.7 Å². The second kappa shape index (κ2) is 10.1. The second-order valence-electron chi connectivity index (χ2n) is 7.27. The number of aliphatic hydroxyl groups excluding tert-OH is 1. The first-order chi connectivity index (χ1) is 15.5. The van der Waals surface area contributed by atoms with E-state index in [0.29, 0.717) is 29.4 Å². The van der Waals surface area contributed by atoms with Gasteiger partial charge >= 0.3 is 0 Å². The predicted octanol–water partition coefficient (Wildman–Crippen LogP) is 4.17. The molecule has 0 bridgehead atoms. The van der Waals surface area contributed by atoms with Crippen molar-refractivity contribution in [2.45, 2.75) is 25.5 Å². The van der Waals surface area contributed by atoms with Gasteiger partial charge in [0, 0.05) is 11.1 Å². The van der Waals surface area contributed by atoms with Gasteiger partial charge in [-0.25, -0.2) is 14.9 Å². The summed E-state index contributed by atoms with van der Waals surface area (Å²) in [6, 6.07) is 6.61. The summed E-state index contributed by atoms with van der Waals surface area (Å²) in [5, 5.41) is 12.1. The van der Waals surface area contributed by atoms with Crippen LogP contribution in [-0.4, -0.2) is 46.5 Å². The Bertz CT molecular complexity index is 1140. The number of anilines is 2. The molecule has 170 valence electrons. The molecule has 0 radical (unpaired) electrons. The molecular formula is C21H21BrClFN4O4. The molecule has 2 aromatic carbocycles. The molecule has 32 heavy (non-hydrogen) atoms. The van der Waals surface area contributed by atoms with Crippen LogP contribution in [0.4, 0.5) is 15.8 Å². The molecule has 1 fully saturated rings. The molecular weight excluding hydrogens is 507 g/mol. The summed E-state index contributed by atoms with van der Waals surface area (Å²) in [4.78, 5) is 22.0. The summed E-state index contributed by atoms with van der Waals surface area (Å²) in [7, 11) is 0. The SMILES string of the molecule is O=C(NOCCO)c1cc2c(ncn2CC2CCCO2)c(F)c1Nc1ccc(Br)cc1Cl. The number of hydroxylamine groups is 1. The van der Waals surface area contributed by atoms with Crippen molar-refractivity contribution in [2.75, 3.05) is 25.1 Å². The fourth-order valence-corrected chi connectivity index (χ4v) is 4.28. The minimum Gasteiger partial charge on any atom is -0.394 e. The molecule has 1 aliphatic heterocycles. The molecule has 4 rings (SSSR count). The van der Waals surface area contributed by atoms with Crippen molar-refractivity contribution in [3.8, 4) is 0 Å². The van der Waals surface area contributed by atoms with Crippen LogP contribution in [0, 0.1) is 5.82 Å². The maximum absolute atomic E-state index is 15.6. The molecule has 1 aliphatic rings. The lowest BCUT2D eigenvalue weighted by Crippen LogP contribution is -2.26. The van der Waals surface area contributed by atoms with Crippen LogP contribution in [0.15, 0.2) is 35.1 Å². The number of benzene rings is 2. The third-order valence-electron chi connectivity index (χ3n) is 5.07. The van der Waals surface area contributed by atoms with Gasteiger partial charge in [-0.15, -0.1) is 0 Å². The highest BCUT2D eigenvalue weighted by atomic mass is 79.9. The number of rotatable bonds is 8. The molecule has 0 saturated carbocycles. The van der Waals surface area contributed by atoms with Gasteiger partial charge in [-0.1, -0.05) is 27.5 Å². The molecule has 3 N–H and O–H groups in total. The van der Waals surface area contributed by atoms with Crippen LogP contribution in [0.1, 0.15) is 23.2 Å². The Morgan fingerprint density at radius 2 is 2.28 bits per heavy atom. The number of fused-ring (bicyclic) bond motifs is 1. The number of ether oxygens (including phenoxy) is 1. The van der Waals surface area contributed by atoms with Crippen molar-refractivity contribution in [3.63, 3.8) is 0 Å². The smallest absolute Gasteiger partial charge is 0.277 e. The number of nitrogens with zero attached hydrogens (tertiary/aromatic N) is 2. The average molecular weight is 528 g/mol. The van der Waals surface area contributed by atoms with E-state index in [9.17, 15) is 4.79 Å². The molecule has 1 saturated heterocycles. The first-order valence-electron chi connectivity index (χ1n) is 10.0. The Morgan fingerprint density at radius 1 is 1.44 bits per heavy atom. The topological polar surface area (TPSA) is 97.6 Å². The third-order valence-corrected chi connectivity index (χ3v) is 5.88. The number of imidazole rings is 1. The van der Waals surface area contributed by atoms with Gasteiger partial charge in [0.15, 0.2) is 5.82 Å².